The zero-order valence-corrected chi connectivity index (χ0v) is 20.6. The summed E-state index contributed by atoms with van der Waals surface area (Å²) in [7, 11) is -3.06. The Balaban J connectivity index is 2.30. The van der Waals surface area contributed by atoms with Gasteiger partial charge < -0.3 is 14.8 Å². The van der Waals surface area contributed by atoms with E-state index in [9.17, 15) is 13.8 Å². The second-order valence-electron chi connectivity index (χ2n) is 8.50. The van der Waals surface area contributed by atoms with Crippen LogP contribution in [0.25, 0.3) is 5.76 Å². The average Bonchev–Trinajstić information content (AvgIpc) is 2.72. The minimum absolute atomic E-state index is 0.186. The van der Waals surface area contributed by atoms with Gasteiger partial charge in [0, 0.05) is 23.1 Å². The molecular formula is C25H32N2O5S. The van der Waals surface area contributed by atoms with Crippen molar-refractivity contribution in [1.29, 1.82) is 0 Å². The van der Waals surface area contributed by atoms with Gasteiger partial charge in [-0.1, -0.05) is 49.0 Å². The summed E-state index contributed by atoms with van der Waals surface area (Å²) in [4.78, 5) is 25.8. The lowest BCUT2D eigenvalue weighted by atomic mass is 10.1. The highest BCUT2D eigenvalue weighted by Gasteiger charge is 2.26. The first kappa shape index (κ1) is 26.1. The number of nitrogens with one attached hydrogen (secondary N) is 1. The molecule has 7 nitrogen and oxygen atoms in total. The molecule has 0 unspecified atom stereocenters. The third-order valence-corrected chi connectivity index (χ3v) is 6.14. The van der Waals surface area contributed by atoms with Crippen LogP contribution < -0.4 is 5.32 Å². The summed E-state index contributed by atoms with van der Waals surface area (Å²) in [5.74, 6) is -0.191. The van der Waals surface area contributed by atoms with Crippen LogP contribution in [0.4, 0.5) is 4.79 Å². The van der Waals surface area contributed by atoms with E-state index in [2.05, 4.69) is 16.3 Å². The van der Waals surface area contributed by atoms with E-state index in [1.54, 1.807) is 45.0 Å². The molecule has 0 radical (unpaired) electrons. The molecule has 2 aromatic rings. The third-order valence-electron chi connectivity index (χ3n) is 4.47. The highest BCUT2D eigenvalue weighted by Crippen LogP contribution is 2.19. The van der Waals surface area contributed by atoms with Gasteiger partial charge >= 0.3 is 6.09 Å². The van der Waals surface area contributed by atoms with Crippen LogP contribution >= 0.6 is 0 Å². The molecule has 0 heterocycles. The molecule has 8 heteroatoms. The van der Waals surface area contributed by atoms with Crippen LogP contribution in [0.3, 0.4) is 0 Å². The van der Waals surface area contributed by atoms with Crippen molar-refractivity contribution >= 4 is 27.5 Å². The Kier molecular flexibility index (Phi) is 8.82. The molecule has 0 saturated carbocycles. The predicted octanol–water partition coefficient (Wildman–Crippen LogP) is 4.81. The SMILES string of the molecule is C=C(OCC)c1ccc([S@](C)(=O)=NC(=O)[C@H](Cc2ccccc2)NC(=O)OC(C)(C)C)cc1. The topological polar surface area (TPSA) is 94.1 Å². The standard InChI is InChI=1S/C25H32N2O5S/c1-7-31-18(2)20-13-15-21(16-14-20)33(6,30)27-23(28)22(17-19-11-9-8-10-12-19)26-24(29)32-25(3,4)5/h8-16,22H,2,7,17H2,1,3-6H3,(H,26,29)/t22-,33-/m0/s1. The normalized spacial score (nSPS) is 13.8. The summed E-state index contributed by atoms with van der Waals surface area (Å²) in [6.07, 6.45) is 0.837. The highest BCUT2D eigenvalue weighted by atomic mass is 32.2. The van der Waals surface area contributed by atoms with Gasteiger partial charge in [-0.05, 0) is 45.4 Å². The van der Waals surface area contributed by atoms with Crippen molar-refractivity contribution in [3.63, 3.8) is 0 Å². The molecule has 1 N–H and O–H groups in total. The summed E-state index contributed by atoms with van der Waals surface area (Å²) >= 11 is 0. The van der Waals surface area contributed by atoms with Gasteiger partial charge in [0.05, 0.1) is 16.3 Å². The first-order valence-electron chi connectivity index (χ1n) is 10.6. The van der Waals surface area contributed by atoms with Crippen molar-refractivity contribution < 1.29 is 23.3 Å². The van der Waals surface area contributed by atoms with E-state index in [1.807, 2.05) is 37.3 Å². The molecule has 0 aliphatic carbocycles. The summed E-state index contributed by atoms with van der Waals surface area (Å²) in [6.45, 7) is 11.4. The van der Waals surface area contributed by atoms with Crippen LogP contribution in [-0.2, 0) is 30.4 Å². The van der Waals surface area contributed by atoms with Crippen molar-refractivity contribution in [1.82, 2.24) is 5.32 Å². The number of carbonyl (C=O) groups is 2. The van der Waals surface area contributed by atoms with E-state index >= 15 is 0 Å². The van der Waals surface area contributed by atoms with Crippen molar-refractivity contribution in [2.45, 2.75) is 50.7 Å². The van der Waals surface area contributed by atoms with Gasteiger partial charge in [-0.3, -0.25) is 4.79 Å². The number of amides is 2. The van der Waals surface area contributed by atoms with Gasteiger partial charge in [-0.15, -0.1) is 0 Å². The van der Waals surface area contributed by atoms with E-state index in [-0.39, 0.29) is 6.42 Å². The largest absolute Gasteiger partial charge is 0.494 e. The van der Waals surface area contributed by atoms with Crippen molar-refractivity contribution in [2.75, 3.05) is 12.9 Å². The predicted molar refractivity (Wildman–Crippen MR) is 130 cm³/mol. The Bertz CT molecular complexity index is 1100. The van der Waals surface area contributed by atoms with Crippen LogP contribution in [-0.4, -0.2) is 40.7 Å². The number of hydrogen-bond acceptors (Lipinski definition) is 5. The molecule has 0 aliphatic heterocycles. The quantitative estimate of drug-likeness (QED) is 0.556. The van der Waals surface area contributed by atoms with E-state index in [0.29, 0.717) is 17.3 Å². The van der Waals surface area contributed by atoms with Crippen molar-refractivity contribution in [3.05, 3.63) is 72.3 Å². The lowest BCUT2D eigenvalue weighted by Crippen LogP contribution is -2.44. The number of nitrogens with zero attached hydrogens (tertiary/aromatic N) is 1. The summed E-state index contributed by atoms with van der Waals surface area (Å²) in [5.41, 5.74) is 0.840. The first-order valence-corrected chi connectivity index (χ1v) is 12.5. The molecule has 0 spiro atoms. The van der Waals surface area contributed by atoms with E-state index in [4.69, 9.17) is 9.47 Å². The van der Waals surface area contributed by atoms with Gasteiger partial charge in [0.1, 0.15) is 17.4 Å². The Morgan fingerprint density at radius 3 is 2.24 bits per heavy atom. The van der Waals surface area contributed by atoms with E-state index < -0.39 is 33.4 Å². The van der Waals surface area contributed by atoms with Crippen LogP contribution in [0, 0.1) is 0 Å². The number of alkyl carbamates (subject to hydrolysis) is 1. The fraction of sp³-hybridized carbons (Fsp3) is 0.360. The number of carbonyl (C=O) groups excluding carboxylic acids is 2. The lowest BCUT2D eigenvalue weighted by Gasteiger charge is -2.22. The van der Waals surface area contributed by atoms with Crippen molar-refractivity contribution in [3.8, 4) is 0 Å². The van der Waals surface area contributed by atoms with Crippen LogP contribution in [0.15, 0.2) is 70.4 Å². The van der Waals surface area contributed by atoms with E-state index in [0.717, 1.165) is 11.1 Å². The molecule has 0 aromatic heterocycles. The molecule has 178 valence electrons. The number of benzene rings is 2. The Morgan fingerprint density at radius 1 is 1.09 bits per heavy atom. The highest BCUT2D eigenvalue weighted by molar-refractivity contribution is 7.93. The average molecular weight is 473 g/mol. The van der Waals surface area contributed by atoms with E-state index in [1.165, 1.54) is 6.26 Å². The van der Waals surface area contributed by atoms with Crippen LogP contribution in [0.1, 0.15) is 38.8 Å². The minimum atomic E-state index is -3.06. The maximum absolute atomic E-state index is 13.3. The molecular weight excluding hydrogens is 440 g/mol. The van der Waals surface area contributed by atoms with Gasteiger partial charge in [-0.25, -0.2) is 9.00 Å². The number of ether oxygens (including phenoxy) is 2. The first-order chi connectivity index (χ1) is 15.4. The fourth-order valence-electron chi connectivity index (χ4n) is 2.94. The third kappa shape index (κ3) is 8.38. The molecule has 2 rings (SSSR count). The minimum Gasteiger partial charge on any atom is -0.494 e. The maximum atomic E-state index is 13.3. The van der Waals surface area contributed by atoms with Crippen molar-refractivity contribution in [2.24, 2.45) is 4.36 Å². The van der Waals surface area contributed by atoms with Crippen LogP contribution in [0.5, 0.6) is 0 Å². The fourth-order valence-corrected chi connectivity index (χ4v) is 4.16. The summed E-state index contributed by atoms with van der Waals surface area (Å²) in [5, 5.41) is 2.58. The Morgan fingerprint density at radius 2 is 1.70 bits per heavy atom. The van der Waals surface area contributed by atoms with Gasteiger partial charge in [0.2, 0.25) is 0 Å². The van der Waals surface area contributed by atoms with Gasteiger partial charge in [0.25, 0.3) is 5.91 Å². The van der Waals surface area contributed by atoms with Gasteiger partial charge in [0.15, 0.2) is 0 Å². The summed E-state index contributed by atoms with van der Waals surface area (Å²) in [6, 6.07) is 14.9. The second kappa shape index (κ2) is 11.1. The zero-order chi connectivity index (χ0) is 24.6. The smallest absolute Gasteiger partial charge is 0.408 e. The van der Waals surface area contributed by atoms with Gasteiger partial charge in [-0.2, -0.15) is 4.36 Å². The van der Waals surface area contributed by atoms with Crippen LogP contribution in [0.2, 0.25) is 0 Å². The molecule has 2 atom stereocenters. The molecule has 0 saturated heterocycles. The molecule has 33 heavy (non-hydrogen) atoms. The number of rotatable bonds is 8. The molecule has 2 amide bonds. The summed E-state index contributed by atoms with van der Waals surface area (Å²) < 4.78 is 28.0. The lowest BCUT2D eigenvalue weighted by molar-refractivity contribution is -0.119. The zero-order valence-electron chi connectivity index (χ0n) is 19.8. The second-order valence-corrected chi connectivity index (χ2v) is 10.8. The monoisotopic (exact) mass is 472 g/mol. The Hall–Kier alpha value is -3.13. The molecule has 2 aromatic carbocycles. The molecule has 0 fully saturated rings. The maximum Gasteiger partial charge on any atom is 0.408 e. The molecule has 0 bridgehead atoms. The molecule has 0 aliphatic rings. The Labute approximate surface area is 196 Å². The number of hydrogen-bond donors (Lipinski definition) is 1.